The van der Waals surface area contributed by atoms with Gasteiger partial charge in [0.25, 0.3) is 5.09 Å². The van der Waals surface area contributed by atoms with Crippen molar-refractivity contribution in [3.63, 3.8) is 0 Å². The molecule has 6 nitrogen and oxygen atoms in total. The first-order chi connectivity index (χ1) is 3.15. The molecule has 1 N–H and O–H groups in total. The minimum Gasteiger partial charge on any atom is -0.328 e. The van der Waals surface area contributed by atoms with Crippen LogP contribution in [0.4, 0.5) is 0 Å². The van der Waals surface area contributed by atoms with Crippen LogP contribution in [0.5, 0.6) is 0 Å². The molecule has 0 atom stereocenters. The third kappa shape index (κ3) is 70.7. The van der Waals surface area contributed by atoms with E-state index in [0.29, 0.717) is 0 Å². The van der Waals surface area contributed by atoms with E-state index in [-0.39, 0.29) is 0 Å². The van der Waals surface area contributed by atoms with Gasteiger partial charge in [-0.15, -0.1) is 10.1 Å². The first-order valence-electron chi connectivity index (χ1n) is 0.973. The lowest BCUT2D eigenvalue weighted by Crippen LogP contribution is -1.81. The number of rotatable bonds is 0. The summed E-state index contributed by atoms with van der Waals surface area (Å²) in [7, 11) is 0. The summed E-state index contributed by atoms with van der Waals surface area (Å²) >= 11 is -1.42. The minimum absolute atomic E-state index is 1.42. The van der Waals surface area contributed by atoms with Gasteiger partial charge >= 0.3 is 0 Å². The molecule has 0 spiro atoms. The van der Waals surface area contributed by atoms with Crippen molar-refractivity contribution in [2.45, 2.75) is 0 Å². The maximum absolute atomic E-state index is 8.40. The van der Waals surface area contributed by atoms with Gasteiger partial charge in [-0.25, -0.2) is 8.42 Å². The van der Waals surface area contributed by atoms with Crippen molar-refractivity contribution in [2.75, 3.05) is 0 Å². The monoisotopic (exact) mass is 129 g/mol. The van der Waals surface area contributed by atoms with Gasteiger partial charge in [-0.05, 0) is 0 Å². The fourth-order valence-electron chi connectivity index (χ4n) is 0. The molecule has 0 aliphatic carbocycles. The van der Waals surface area contributed by atoms with E-state index in [1.807, 2.05) is 0 Å². The first kappa shape index (κ1) is 9.47. The van der Waals surface area contributed by atoms with Crippen LogP contribution in [0.2, 0.25) is 0 Å². The van der Waals surface area contributed by atoms with Crippen LogP contribution in [0, 0.1) is 10.1 Å². The number of hydrogen-bond acceptors (Lipinski definition) is 4. The van der Waals surface area contributed by atoms with Crippen LogP contribution in [0.25, 0.3) is 0 Å². The van der Waals surface area contributed by atoms with Crippen LogP contribution in [-0.2, 0) is 11.6 Å². The van der Waals surface area contributed by atoms with Crippen LogP contribution < -0.4 is 0 Å². The van der Waals surface area contributed by atoms with Gasteiger partial charge in [0, 0.05) is 0 Å². The summed E-state index contributed by atoms with van der Waals surface area (Å²) < 4.78 is 16.8. The summed E-state index contributed by atoms with van der Waals surface area (Å²) in [6.45, 7) is 0. The Kier molecular flexibility index (Phi) is 12.1. The normalized spacial score (nSPS) is 5.71. The Morgan fingerprint density at radius 2 is 1.57 bits per heavy atom. The lowest BCUT2D eigenvalue weighted by molar-refractivity contribution is -0.742. The van der Waals surface area contributed by atoms with E-state index in [0.717, 1.165) is 0 Å². The molecule has 0 fully saturated rings. The van der Waals surface area contributed by atoms with Crippen molar-refractivity contribution in [3.05, 3.63) is 10.1 Å². The van der Waals surface area contributed by atoms with Gasteiger partial charge < -0.3 is 5.21 Å². The molecule has 0 aromatic heterocycles. The molecule has 0 unspecified atom stereocenters. The molecule has 0 amide bonds. The Labute approximate surface area is 41.5 Å². The molecule has 7 heavy (non-hydrogen) atoms. The van der Waals surface area contributed by atoms with E-state index in [2.05, 4.69) is 0 Å². The molecule has 0 heterocycles. The largest absolute Gasteiger partial charge is 0.328 e. The standard InChI is InChI=1S/HNO3.H2O2S/c2-1(3)4;1-3-2/h(H,2,3,4);3H2. The Balaban J connectivity index is 0. The molecule has 0 saturated heterocycles. The number of hydrogen-bond donors (Lipinski definition) is 1. The predicted octanol–water partition coefficient (Wildman–Crippen LogP) is -1.55. The SMILES string of the molecule is O=[N+]([O-])O.O=[SH2]=O. The molecule has 0 radical (unpaired) electrons. The van der Waals surface area contributed by atoms with Gasteiger partial charge in [-0.1, -0.05) is 0 Å². The zero-order valence-electron chi connectivity index (χ0n) is 3.03. The van der Waals surface area contributed by atoms with Crippen molar-refractivity contribution >= 4 is 11.6 Å². The van der Waals surface area contributed by atoms with Crippen molar-refractivity contribution in [3.8, 4) is 0 Å². The topological polar surface area (TPSA) is 97.5 Å². The van der Waals surface area contributed by atoms with Crippen molar-refractivity contribution in [1.82, 2.24) is 0 Å². The fraction of sp³-hybridized carbons (Fsp3) is 0. The highest BCUT2D eigenvalue weighted by Gasteiger charge is 1.65. The Hall–Kier alpha value is -0.850. The van der Waals surface area contributed by atoms with Crippen molar-refractivity contribution in [1.29, 1.82) is 0 Å². The Morgan fingerprint density at radius 1 is 1.57 bits per heavy atom. The van der Waals surface area contributed by atoms with Gasteiger partial charge in [-0.3, -0.25) is 0 Å². The molecule has 0 bridgehead atoms. The molecule has 0 aliphatic rings. The third-order valence-corrected chi connectivity index (χ3v) is 0. The van der Waals surface area contributed by atoms with Crippen LogP contribution in [0.3, 0.4) is 0 Å². The highest BCUT2D eigenvalue weighted by Crippen LogP contribution is 1.38. The zero-order chi connectivity index (χ0) is 6.28. The van der Waals surface area contributed by atoms with E-state index >= 15 is 0 Å². The molecule has 0 rings (SSSR count). The third-order valence-electron chi connectivity index (χ3n) is 0. The van der Waals surface area contributed by atoms with Gasteiger partial charge in [0.1, 0.15) is 11.6 Å². The summed E-state index contributed by atoms with van der Waals surface area (Å²) in [4.78, 5) is 8.36. The molecule has 0 aromatic carbocycles. The Bertz CT molecular complexity index is 76.1. The van der Waals surface area contributed by atoms with Gasteiger partial charge in [0.15, 0.2) is 0 Å². The van der Waals surface area contributed by atoms with Crippen LogP contribution in [0.15, 0.2) is 0 Å². The summed E-state index contributed by atoms with van der Waals surface area (Å²) in [5.74, 6) is 0. The smallest absolute Gasteiger partial charge is 0.291 e. The summed E-state index contributed by atoms with van der Waals surface area (Å²) in [6, 6.07) is 0. The maximum Gasteiger partial charge on any atom is 0.291 e. The first-order valence-corrected chi connectivity index (χ1v) is 1.79. The molecular weight excluding hydrogens is 126 g/mol. The highest BCUT2D eigenvalue weighted by molar-refractivity contribution is 7.51. The van der Waals surface area contributed by atoms with Crippen LogP contribution in [-0.4, -0.2) is 18.7 Å². The van der Waals surface area contributed by atoms with Gasteiger partial charge in [0.05, 0.1) is 0 Å². The maximum atomic E-state index is 8.40. The molecule has 44 valence electrons. The van der Waals surface area contributed by atoms with E-state index in [9.17, 15) is 0 Å². The fourth-order valence-corrected chi connectivity index (χ4v) is 0. The molecule has 0 saturated carbocycles. The Morgan fingerprint density at radius 3 is 1.57 bits per heavy atom. The predicted molar refractivity (Wildman–Crippen MR) is 20.5 cm³/mol. The average Bonchev–Trinajstić information content (AvgIpc) is 1.33. The van der Waals surface area contributed by atoms with E-state index < -0.39 is 16.7 Å². The van der Waals surface area contributed by atoms with Crippen LogP contribution >= 0.6 is 0 Å². The highest BCUT2D eigenvalue weighted by atomic mass is 32.1. The summed E-state index contributed by atoms with van der Waals surface area (Å²) in [6.07, 6.45) is 0. The van der Waals surface area contributed by atoms with E-state index in [1.54, 1.807) is 0 Å². The minimum atomic E-state index is -1.50. The summed E-state index contributed by atoms with van der Waals surface area (Å²) in [5.41, 5.74) is 0. The second-order valence-corrected chi connectivity index (χ2v) is 0.488. The second-order valence-electron chi connectivity index (χ2n) is 0.321. The molecule has 0 aliphatic heterocycles. The lowest BCUT2D eigenvalue weighted by Gasteiger charge is -1.56. The van der Waals surface area contributed by atoms with E-state index in [4.69, 9.17) is 23.7 Å². The zero-order valence-corrected chi connectivity index (χ0v) is 4.03. The van der Waals surface area contributed by atoms with Crippen molar-refractivity contribution in [2.24, 2.45) is 0 Å². The van der Waals surface area contributed by atoms with Crippen LogP contribution in [0.1, 0.15) is 0 Å². The summed E-state index contributed by atoms with van der Waals surface area (Å²) in [5, 5.41) is 13.6. The van der Waals surface area contributed by atoms with Gasteiger partial charge in [-0.2, -0.15) is 0 Å². The van der Waals surface area contributed by atoms with Crippen molar-refractivity contribution < 1.29 is 18.7 Å². The van der Waals surface area contributed by atoms with Gasteiger partial charge in [0.2, 0.25) is 0 Å². The second kappa shape index (κ2) is 8.94. The average molecular weight is 129 g/mol. The lowest BCUT2D eigenvalue weighted by atomic mass is 13.1. The number of nitrogens with zero attached hydrogens (tertiary/aromatic N) is 1. The van der Waals surface area contributed by atoms with E-state index in [1.165, 1.54) is 0 Å². The molecule has 0 aromatic rings. The quantitative estimate of drug-likeness (QED) is 0.315. The molecule has 7 heteroatoms. The molecular formula is H3NO5S.